The van der Waals surface area contributed by atoms with Crippen LogP contribution in [0.3, 0.4) is 0 Å². The van der Waals surface area contributed by atoms with Crippen molar-refractivity contribution in [1.29, 1.82) is 0 Å². The summed E-state index contributed by atoms with van der Waals surface area (Å²) in [5, 5.41) is 10.8. The van der Waals surface area contributed by atoms with Gasteiger partial charge in [-0.1, -0.05) is 0 Å². The minimum atomic E-state index is -0.947. The highest BCUT2D eigenvalue weighted by molar-refractivity contribution is 7.12. The van der Waals surface area contributed by atoms with Gasteiger partial charge in [-0.05, 0) is 23.6 Å². The Balaban J connectivity index is 2.58. The summed E-state index contributed by atoms with van der Waals surface area (Å²) in [6, 6.07) is 5.24. The lowest BCUT2D eigenvalue weighted by Crippen LogP contribution is -1.97. The number of nitrogens with zero attached hydrogens (tertiary/aromatic N) is 1. The molecule has 0 fully saturated rings. The molecule has 2 rings (SSSR count). The minimum Gasteiger partial charge on any atom is -0.494 e. The van der Waals surface area contributed by atoms with E-state index < -0.39 is 5.97 Å². The predicted molar refractivity (Wildman–Crippen MR) is 61.1 cm³/mol. The number of aromatic nitrogens is 1. The van der Waals surface area contributed by atoms with Gasteiger partial charge in [0.2, 0.25) is 0 Å². The van der Waals surface area contributed by atoms with Crippen LogP contribution in [0, 0.1) is 0 Å². The van der Waals surface area contributed by atoms with Gasteiger partial charge in [0.05, 0.1) is 7.11 Å². The molecule has 2 heterocycles. The summed E-state index contributed by atoms with van der Waals surface area (Å²) in [7, 11) is 1.54. The van der Waals surface area contributed by atoms with E-state index in [9.17, 15) is 4.79 Å². The first kappa shape index (κ1) is 10.6. The third kappa shape index (κ3) is 1.77. The highest BCUT2D eigenvalue weighted by Crippen LogP contribution is 2.32. The third-order valence-electron chi connectivity index (χ3n) is 2.11. The topological polar surface area (TPSA) is 59.4 Å². The molecule has 0 aliphatic heterocycles. The van der Waals surface area contributed by atoms with Crippen molar-refractivity contribution in [2.45, 2.75) is 0 Å². The molecular formula is C11H9NO3S. The normalized spacial score (nSPS) is 10.1. The Labute approximate surface area is 96.1 Å². The molecule has 0 spiro atoms. The summed E-state index contributed by atoms with van der Waals surface area (Å²) in [6.07, 6.45) is 1.61. The second-order valence-electron chi connectivity index (χ2n) is 3.02. The van der Waals surface area contributed by atoms with Crippen LogP contribution in [0.5, 0.6) is 5.75 Å². The van der Waals surface area contributed by atoms with Crippen LogP contribution in [0.1, 0.15) is 9.67 Å². The summed E-state index contributed by atoms with van der Waals surface area (Å²) in [5.74, 6) is -0.374. The average Bonchev–Trinajstić information content (AvgIpc) is 2.77. The van der Waals surface area contributed by atoms with Gasteiger partial charge in [-0.3, -0.25) is 4.98 Å². The van der Waals surface area contributed by atoms with Crippen molar-refractivity contribution in [3.63, 3.8) is 0 Å². The largest absolute Gasteiger partial charge is 0.494 e. The molecule has 0 aromatic carbocycles. The molecule has 0 radical (unpaired) electrons. The van der Waals surface area contributed by atoms with Crippen molar-refractivity contribution < 1.29 is 14.6 Å². The number of ether oxygens (including phenoxy) is 1. The van der Waals surface area contributed by atoms with Gasteiger partial charge >= 0.3 is 5.97 Å². The molecule has 16 heavy (non-hydrogen) atoms. The van der Waals surface area contributed by atoms with E-state index >= 15 is 0 Å². The zero-order chi connectivity index (χ0) is 11.5. The Morgan fingerprint density at radius 2 is 2.31 bits per heavy atom. The van der Waals surface area contributed by atoms with Crippen molar-refractivity contribution in [3.8, 4) is 17.0 Å². The molecule has 0 amide bonds. The summed E-state index contributed by atoms with van der Waals surface area (Å²) < 4.78 is 5.15. The molecule has 2 aromatic heterocycles. The molecule has 1 N–H and O–H groups in total. The molecule has 5 heteroatoms. The van der Waals surface area contributed by atoms with Crippen LogP contribution in [0.2, 0.25) is 0 Å². The number of methoxy groups -OCH3 is 1. The Morgan fingerprint density at radius 3 is 3.00 bits per heavy atom. The summed E-state index contributed by atoms with van der Waals surface area (Å²) in [4.78, 5) is 15.4. The van der Waals surface area contributed by atoms with Gasteiger partial charge in [-0.25, -0.2) is 4.79 Å². The van der Waals surface area contributed by atoms with E-state index in [1.54, 1.807) is 29.8 Å². The van der Waals surface area contributed by atoms with Crippen molar-refractivity contribution in [3.05, 3.63) is 34.7 Å². The lowest BCUT2D eigenvalue weighted by Gasteiger charge is -2.05. The van der Waals surface area contributed by atoms with Crippen LogP contribution < -0.4 is 4.74 Å². The smallest absolute Gasteiger partial charge is 0.346 e. The summed E-state index contributed by atoms with van der Waals surface area (Å²) in [6.45, 7) is 0. The van der Waals surface area contributed by atoms with Crippen LogP contribution in [0.15, 0.2) is 29.8 Å². The molecule has 0 aliphatic rings. The van der Waals surface area contributed by atoms with E-state index in [1.807, 2.05) is 0 Å². The second-order valence-corrected chi connectivity index (χ2v) is 3.94. The number of hydrogen-bond acceptors (Lipinski definition) is 4. The number of carboxylic acid groups (broad SMARTS) is 1. The maximum atomic E-state index is 11.0. The standard InChI is InChI=1S/C11H9NO3S/c1-15-8-3-2-5-12-9(8)7-4-6-16-10(7)11(13)14/h2-6H,1H3,(H,13,14). The summed E-state index contributed by atoms with van der Waals surface area (Å²) >= 11 is 1.18. The van der Waals surface area contributed by atoms with Crippen molar-refractivity contribution in [2.24, 2.45) is 0 Å². The van der Waals surface area contributed by atoms with Gasteiger partial charge in [-0.15, -0.1) is 11.3 Å². The van der Waals surface area contributed by atoms with E-state index in [-0.39, 0.29) is 4.88 Å². The monoisotopic (exact) mass is 235 g/mol. The van der Waals surface area contributed by atoms with Gasteiger partial charge in [0.15, 0.2) is 0 Å². The van der Waals surface area contributed by atoms with E-state index in [1.165, 1.54) is 18.4 Å². The molecule has 0 saturated heterocycles. The molecule has 0 aliphatic carbocycles. The third-order valence-corrected chi connectivity index (χ3v) is 3.01. The zero-order valence-corrected chi connectivity index (χ0v) is 9.32. The second kappa shape index (κ2) is 4.32. The molecule has 4 nitrogen and oxygen atoms in total. The SMILES string of the molecule is COc1cccnc1-c1ccsc1C(=O)O. The fraction of sp³-hybridized carbons (Fsp3) is 0.0909. The quantitative estimate of drug-likeness (QED) is 0.888. The van der Waals surface area contributed by atoms with Crippen molar-refractivity contribution in [1.82, 2.24) is 4.98 Å². The zero-order valence-electron chi connectivity index (χ0n) is 8.51. The Bertz CT molecular complexity index is 521. The maximum absolute atomic E-state index is 11.0. The van der Waals surface area contributed by atoms with Crippen molar-refractivity contribution in [2.75, 3.05) is 7.11 Å². The Hall–Kier alpha value is -1.88. The fourth-order valence-corrected chi connectivity index (χ4v) is 2.15. The van der Waals surface area contributed by atoms with Gasteiger partial charge in [-0.2, -0.15) is 0 Å². The molecule has 2 aromatic rings. The number of hydrogen-bond donors (Lipinski definition) is 1. The van der Waals surface area contributed by atoms with Crippen LogP contribution in [-0.4, -0.2) is 23.2 Å². The first-order chi connectivity index (χ1) is 7.74. The molecule has 0 saturated carbocycles. The van der Waals surface area contributed by atoms with Gasteiger partial charge < -0.3 is 9.84 Å². The first-order valence-electron chi connectivity index (χ1n) is 4.54. The van der Waals surface area contributed by atoms with Gasteiger partial charge in [0.1, 0.15) is 16.3 Å². The van der Waals surface area contributed by atoms with E-state index in [0.29, 0.717) is 17.0 Å². The fourth-order valence-electron chi connectivity index (χ4n) is 1.42. The Kier molecular flexibility index (Phi) is 2.87. The number of rotatable bonds is 3. The highest BCUT2D eigenvalue weighted by Gasteiger charge is 2.17. The van der Waals surface area contributed by atoms with Crippen LogP contribution in [-0.2, 0) is 0 Å². The molecule has 0 atom stereocenters. The average molecular weight is 235 g/mol. The van der Waals surface area contributed by atoms with Crippen LogP contribution >= 0.6 is 11.3 Å². The van der Waals surface area contributed by atoms with Crippen LogP contribution in [0.4, 0.5) is 0 Å². The molecule has 0 unspecified atom stereocenters. The van der Waals surface area contributed by atoms with Gasteiger partial charge in [0.25, 0.3) is 0 Å². The lowest BCUT2D eigenvalue weighted by atomic mass is 10.1. The lowest BCUT2D eigenvalue weighted by molar-refractivity contribution is 0.0703. The molecule has 0 bridgehead atoms. The van der Waals surface area contributed by atoms with Gasteiger partial charge in [0, 0.05) is 11.8 Å². The molecule has 82 valence electrons. The highest BCUT2D eigenvalue weighted by atomic mass is 32.1. The van der Waals surface area contributed by atoms with Crippen LogP contribution in [0.25, 0.3) is 11.3 Å². The Morgan fingerprint density at radius 1 is 1.50 bits per heavy atom. The number of thiophene rings is 1. The number of aromatic carboxylic acids is 1. The predicted octanol–water partition coefficient (Wildman–Crippen LogP) is 2.52. The first-order valence-corrected chi connectivity index (χ1v) is 5.42. The number of carbonyl (C=O) groups is 1. The van der Waals surface area contributed by atoms with E-state index in [0.717, 1.165) is 0 Å². The number of carboxylic acids is 1. The maximum Gasteiger partial charge on any atom is 0.346 e. The molecular weight excluding hydrogens is 226 g/mol. The summed E-state index contributed by atoms with van der Waals surface area (Å²) in [5.41, 5.74) is 1.15. The minimum absolute atomic E-state index is 0.275. The van der Waals surface area contributed by atoms with E-state index in [2.05, 4.69) is 4.98 Å². The van der Waals surface area contributed by atoms with E-state index in [4.69, 9.17) is 9.84 Å². The number of pyridine rings is 1. The van der Waals surface area contributed by atoms with Crippen molar-refractivity contribution >= 4 is 17.3 Å².